The highest BCUT2D eigenvalue weighted by molar-refractivity contribution is 5.99. The third kappa shape index (κ3) is 6.72. The first-order valence-electron chi connectivity index (χ1n) is 16.5. The quantitative estimate of drug-likeness (QED) is 0.167. The lowest BCUT2D eigenvalue weighted by molar-refractivity contribution is -0.141. The first-order valence-corrected chi connectivity index (χ1v) is 16.5. The number of fused-ring (bicyclic) bond motifs is 8. The number of nitrogens with one attached hydrogen (secondary N) is 2. The molecule has 0 amide bonds. The normalized spacial score (nSPS) is 12.7. The molecule has 5 heterocycles. The number of esters is 3. The summed E-state index contributed by atoms with van der Waals surface area (Å²) in [6.07, 6.45) is 3.45. The molecule has 0 fully saturated rings. The number of hydrogen-bond acceptors (Lipinski definition) is 8. The zero-order chi connectivity index (χ0) is 35.6. The van der Waals surface area contributed by atoms with Gasteiger partial charge in [0.15, 0.2) is 0 Å². The Labute approximate surface area is 286 Å². The van der Waals surface area contributed by atoms with Crippen LogP contribution in [0, 0.1) is 13.8 Å². The lowest BCUT2D eigenvalue weighted by Gasteiger charge is -2.12. The SMILES string of the molecule is C=Cc1c(C)c2cc3nc(c(CC(=O)OC)c4nc(cc5[nH]c(cc1[nH]2)c(C)c5CC)C(C)=C4CCC(=O)OC)C(CCC(=O)OC)=C3C. The van der Waals surface area contributed by atoms with E-state index in [0.717, 1.165) is 73.0 Å². The van der Waals surface area contributed by atoms with E-state index < -0.39 is 5.97 Å². The van der Waals surface area contributed by atoms with Crippen LogP contribution < -0.4 is 0 Å². The molecule has 2 aliphatic rings. The summed E-state index contributed by atoms with van der Waals surface area (Å²) in [5, 5.41) is 0. The van der Waals surface area contributed by atoms with E-state index in [1.807, 2.05) is 39.0 Å². The van der Waals surface area contributed by atoms with Gasteiger partial charge in [-0.3, -0.25) is 14.4 Å². The fourth-order valence-corrected chi connectivity index (χ4v) is 6.75. The van der Waals surface area contributed by atoms with Gasteiger partial charge in [-0.05, 0) is 104 Å². The van der Waals surface area contributed by atoms with Crippen molar-refractivity contribution in [2.45, 2.75) is 73.1 Å². The van der Waals surface area contributed by atoms with Gasteiger partial charge in [0, 0.05) is 46.0 Å². The second-order valence-electron chi connectivity index (χ2n) is 12.3. The summed E-state index contributed by atoms with van der Waals surface area (Å²) in [6, 6.07) is 6.14. The topological polar surface area (TPSA) is 136 Å². The highest BCUT2D eigenvalue weighted by Gasteiger charge is 2.29. The molecule has 8 bridgehead atoms. The summed E-state index contributed by atoms with van der Waals surface area (Å²) >= 11 is 0. The maximum Gasteiger partial charge on any atom is 0.310 e. The van der Waals surface area contributed by atoms with E-state index in [0.29, 0.717) is 41.2 Å². The van der Waals surface area contributed by atoms with Gasteiger partial charge in [-0.1, -0.05) is 19.6 Å². The Kier molecular flexibility index (Phi) is 10.4. The van der Waals surface area contributed by atoms with Crippen LogP contribution in [0.15, 0.2) is 24.8 Å². The number of rotatable bonds is 10. The van der Waals surface area contributed by atoms with Crippen molar-refractivity contribution in [3.8, 4) is 0 Å². The van der Waals surface area contributed by atoms with Crippen molar-refractivity contribution in [2.24, 2.45) is 0 Å². The van der Waals surface area contributed by atoms with Gasteiger partial charge in [0.1, 0.15) is 0 Å². The molecule has 3 aromatic heterocycles. The van der Waals surface area contributed by atoms with Crippen LogP contribution in [0.25, 0.3) is 50.4 Å². The molecule has 2 aliphatic heterocycles. The minimum Gasteiger partial charge on any atom is -0.469 e. The molecule has 49 heavy (non-hydrogen) atoms. The van der Waals surface area contributed by atoms with Crippen LogP contribution in [-0.2, 0) is 41.4 Å². The highest BCUT2D eigenvalue weighted by atomic mass is 16.5. The maximum absolute atomic E-state index is 13.1. The molecule has 0 atom stereocenters. The van der Waals surface area contributed by atoms with Crippen molar-refractivity contribution < 1.29 is 28.6 Å². The van der Waals surface area contributed by atoms with Crippen LogP contribution >= 0.6 is 0 Å². The van der Waals surface area contributed by atoms with Crippen LogP contribution in [0.3, 0.4) is 0 Å². The maximum atomic E-state index is 13.1. The number of allylic oxidation sites excluding steroid dienone is 4. The van der Waals surface area contributed by atoms with Crippen LogP contribution in [0.4, 0.5) is 0 Å². The molecular weight excluding hydrogens is 620 g/mol. The second-order valence-corrected chi connectivity index (χ2v) is 12.3. The molecular formula is C39H44N4O6. The minimum absolute atomic E-state index is 0.119. The van der Waals surface area contributed by atoms with E-state index in [2.05, 4.69) is 36.5 Å². The molecule has 0 spiro atoms. The molecule has 0 aliphatic carbocycles. The number of carbonyl (C=O) groups is 3. The first kappa shape index (κ1) is 35.1. The predicted molar refractivity (Wildman–Crippen MR) is 193 cm³/mol. The van der Waals surface area contributed by atoms with E-state index in [1.54, 1.807) is 0 Å². The van der Waals surface area contributed by atoms with Crippen molar-refractivity contribution in [2.75, 3.05) is 21.3 Å². The number of H-pyrrole nitrogens is 2. The van der Waals surface area contributed by atoms with Crippen molar-refractivity contribution in [1.29, 1.82) is 0 Å². The molecule has 2 N–H and O–H groups in total. The zero-order valence-electron chi connectivity index (χ0n) is 29.6. The van der Waals surface area contributed by atoms with Crippen molar-refractivity contribution in [3.05, 3.63) is 75.4 Å². The van der Waals surface area contributed by atoms with Gasteiger partial charge in [-0.2, -0.15) is 0 Å². The van der Waals surface area contributed by atoms with Gasteiger partial charge in [0.2, 0.25) is 0 Å². The molecule has 10 heteroatoms. The van der Waals surface area contributed by atoms with Crippen molar-refractivity contribution >= 4 is 68.3 Å². The number of hydrogen-bond donors (Lipinski definition) is 2. The Morgan fingerprint density at radius 1 is 0.694 bits per heavy atom. The van der Waals surface area contributed by atoms with Crippen molar-refractivity contribution in [3.63, 3.8) is 0 Å². The summed E-state index contributed by atoms with van der Waals surface area (Å²) in [7, 11) is 4.07. The molecule has 0 unspecified atom stereocenters. The largest absolute Gasteiger partial charge is 0.469 e. The fourth-order valence-electron chi connectivity index (χ4n) is 6.75. The summed E-state index contributed by atoms with van der Waals surface area (Å²) in [4.78, 5) is 55.5. The van der Waals surface area contributed by atoms with Crippen LogP contribution in [-0.4, -0.2) is 59.2 Å². The van der Waals surface area contributed by atoms with Crippen LogP contribution in [0.2, 0.25) is 0 Å². The molecule has 5 rings (SSSR count). The average molecular weight is 665 g/mol. The molecule has 3 aromatic rings. The zero-order valence-corrected chi connectivity index (χ0v) is 29.6. The lowest BCUT2D eigenvalue weighted by atomic mass is 9.92. The Bertz CT molecular complexity index is 2110. The summed E-state index contributed by atoms with van der Waals surface area (Å²) in [6.45, 7) is 14.3. The van der Waals surface area contributed by atoms with Gasteiger partial charge in [0.05, 0.1) is 50.5 Å². The van der Waals surface area contributed by atoms with E-state index in [-0.39, 0.29) is 31.2 Å². The predicted octanol–water partition coefficient (Wildman–Crippen LogP) is 7.62. The molecule has 0 saturated heterocycles. The van der Waals surface area contributed by atoms with Gasteiger partial charge in [-0.15, -0.1) is 0 Å². The number of aromatic nitrogens is 4. The number of aromatic amines is 2. The standard InChI is InChI=1S/C39H44N4O6/c1-10-24-20(3)29-17-31-22(5)26(12-14-35(44)47-7)38(42-31)28(16-37(46)49-9)39-27(13-15-36(45)48-8)23(6)32(43-39)19-34-25(11-2)21(4)30(41-34)18-33(24)40-29/h10,17-19,40-41H,1,11-16H2,2-9H3. The molecule has 0 aromatic carbocycles. The number of methoxy groups -OCH3 is 3. The molecule has 0 radical (unpaired) electrons. The van der Waals surface area contributed by atoms with Crippen molar-refractivity contribution in [1.82, 2.24) is 19.9 Å². The van der Waals surface area contributed by atoms with E-state index >= 15 is 0 Å². The molecule has 256 valence electrons. The molecule has 0 saturated carbocycles. The second kappa shape index (κ2) is 14.5. The van der Waals surface area contributed by atoms with E-state index in [1.165, 1.54) is 21.3 Å². The smallest absolute Gasteiger partial charge is 0.310 e. The van der Waals surface area contributed by atoms with Crippen LogP contribution in [0.5, 0.6) is 0 Å². The van der Waals surface area contributed by atoms with Gasteiger partial charge < -0.3 is 24.2 Å². The van der Waals surface area contributed by atoms with E-state index in [9.17, 15) is 14.4 Å². The third-order valence-corrected chi connectivity index (χ3v) is 9.67. The minimum atomic E-state index is -0.464. The summed E-state index contributed by atoms with van der Waals surface area (Å²) in [5.74, 6) is -1.17. The Balaban J connectivity index is 2.00. The van der Waals surface area contributed by atoms with Crippen LogP contribution in [0.1, 0.15) is 97.0 Å². The van der Waals surface area contributed by atoms with Gasteiger partial charge >= 0.3 is 17.9 Å². The monoisotopic (exact) mass is 664 g/mol. The average Bonchev–Trinajstić information content (AvgIpc) is 3.77. The Hall–Kier alpha value is -5.25. The number of aryl methyl sites for hydroxylation is 3. The Morgan fingerprint density at radius 2 is 1.18 bits per heavy atom. The summed E-state index contributed by atoms with van der Waals surface area (Å²) < 4.78 is 15.2. The highest BCUT2D eigenvalue weighted by Crippen LogP contribution is 2.41. The van der Waals surface area contributed by atoms with E-state index in [4.69, 9.17) is 24.2 Å². The fraction of sp³-hybridized carbons (Fsp3) is 0.359. The molecule has 10 nitrogen and oxygen atoms in total. The summed E-state index contributed by atoms with van der Waals surface area (Å²) in [5.41, 5.74) is 14.4. The van der Waals surface area contributed by atoms with Gasteiger partial charge in [-0.25, -0.2) is 9.97 Å². The number of nitrogens with zero attached hydrogens (tertiary/aromatic N) is 2. The van der Waals surface area contributed by atoms with Gasteiger partial charge in [0.25, 0.3) is 0 Å². The first-order chi connectivity index (χ1) is 23.4. The Morgan fingerprint density at radius 3 is 1.67 bits per heavy atom. The number of ether oxygens (including phenoxy) is 3. The number of carbonyl (C=O) groups excluding carboxylic acids is 3. The third-order valence-electron chi connectivity index (χ3n) is 9.67. The lowest BCUT2D eigenvalue weighted by Crippen LogP contribution is -2.10.